The zero-order valence-corrected chi connectivity index (χ0v) is 14.3. The molecule has 0 aliphatic carbocycles. The van der Waals surface area contributed by atoms with Gasteiger partial charge >= 0.3 is 0 Å². The van der Waals surface area contributed by atoms with E-state index in [-0.39, 0.29) is 12.5 Å². The number of carbonyl (C=O) groups excluding carboxylic acids is 1. The van der Waals surface area contributed by atoms with Gasteiger partial charge in [-0.25, -0.2) is 0 Å². The minimum absolute atomic E-state index is 0.0200. The van der Waals surface area contributed by atoms with E-state index >= 15 is 0 Å². The Labute approximate surface area is 143 Å². The summed E-state index contributed by atoms with van der Waals surface area (Å²) >= 11 is 3.41. The van der Waals surface area contributed by atoms with Crippen LogP contribution in [0.3, 0.4) is 0 Å². The van der Waals surface area contributed by atoms with Crippen LogP contribution in [0.25, 0.3) is 10.8 Å². The second-order valence-corrected chi connectivity index (χ2v) is 6.22. The Morgan fingerprint density at radius 3 is 2.61 bits per heavy atom. The topological polar surface area (TPSA) is 38.3 Å². The molecule has 0 saturated heterocycles. The van der Waals surface area contributed by atoms with Crippen molar-refractivity contribution in [2.45, 2.75) is 6.92 Å². The maximum atomic E-state index is 12.0. The van der Waals surface area contributed by atoms with E-state index in [1.807, 2.05) is 67.6 Å². The SMILES string of the molecule is Cc1cc(Br)ccc1NC(=O)COc1ccc2ccccc2c1. The molecule has 0 unspecified atom stereocenters. The Morgan fingerprint density at radius 2 is 1.83 bits per heavy atom. The van der Waals surface area contributed by atoms with Gasteiger partial charge in [-0.1, -0.05) is 46.3 Å². The Morgan fingerprint density at radius 1 is 1.04 bits per heavy atom. The third-order valence-electron chi connectivity index (χ3n) is 3.55. The highest BCUT2D eigenvalue weighted by Crippen LogP contribution is 2.21. The lowest BCUT2D eigenvalue weighted by molar-refractivity contribution is -0.118. The van der Waals surface area contributed by atoms with Gasteiger partial charge in [0.05, 0.1) is 0 Å². The van der Waals surface area contributed by atoms with Crippen LogP contribution < -0.4 is 10.1 Å². The van der Waals surface area contributed by atoms with Gasteiger partial charge in [-0.05, 0) is 53.6 Å². The molecule has 0 atom stereocenters. The molecule has 3 aromatic carbocycles. The quantitative estimate of drug-likeness (QED) is 0.707. The maximum absolute atomic E-state index is 12.0. The van der Waals surface area contributed by atoms with Crippen LogP contribution in [0.4, 0.5) is 5.69 Å². The average molecular weight is 370 g/mol. The second-order valence-electron chi connectivity index (χ2n) is 5.31. The number of rotatable bonds is 4. The van der Waals surface area contributed by atoms with E-state index in [9.17, 15) is 4.79 Å². The summed E-state index contributed by atoms with van der Waals surface area (Å²) in [5.41, 5.74) is 1.79. The van der Waals surface area contributed by atoms with Gasteiger partial charge < -0.3 is 10.1 Å². The van der Waals surface area contributed by atoms with Crippen molar-refractivity contribution < 1.29 is 9.53 Å². The van der Waals surface area contributed by atoms with Gasteiger partial charge in [-0.3, -0.25) is 4.79 Å². The molecule has 0 saturated carbocycles. The summed E-state index contributed by atoms with van der Waals surface area (Å²) in [5, 5.41) is 5.10. The highest BCUT2D eigenvalue weighted by Gasteiger charge is 2.06. The lowest BCUT2D eigenvalue weighted by atomic mass is 10.1. The summed E-state index contributed by atoms with van der Waals surface area (Å²) in [6, 6.07) is 19.6. The van der Waals surface area contributed by atoms with Crippen LogP contribution in [0.15, 0.2) is 65.1 Å². The second kappa shape index (κ2) is 6.84. The Bertz CT molecular complexity index is 861. The van der Waals surface area contributed by atoms with E-state index in [4.69, 9.17) is 4.74 Å². The fraction of sp³-hybridized carbons (Fsp3) is 0.105. The van der Waals surface area contributed by atoms with Crippen LogP contribution >= 0.6 is 15.9 Å². The minimum atomic E-state index is -0.177. The molecule has 3 nitrogen and oxygen atoms in total. The normalized spacial score (nSPS) is 10.5. The highest BCUT2D eigenvalue weighted by atomic mass is 79.9. The first kappa shape index (κ1) is 15.6. The van der Waals surface area contributed by atoms with Gasteiger partial charge in [0.1, 0.15) is 5.75 Å². The van der Waals surface area contributed by atoms with E-state index in [1.54, 1.807) is 0 Å². The third-order valence-corrected chi connectivity index (χ3v) is 4.05. The molecule has 0 fully saturated rings. The van der Waals surface area contributed by atoms with E-state index in [2.05, 4.69) is 21.2 Å². The number of hydrogen-bond donors (Lipinski definition) is 1. The van der Waals surface area contributed by atoms with Crippen LogP contribution in [-0.4, -0.2) is 12.5 Å². The predicted octanol–water partition coefficient (Wildman–Crippen LogP) is 4.93. The standard InChI is InChI=1S/C19H16BrNO2/c1-13-10-16(20)7-9-18(13)21-19(22)12-23-17-8-6-14-4-2-3-5-15(14)11-17/h2-11H,12H2,1H3,(H,21,22). The fourth-order valence-electron chi connectivity index (χ4n) is 2.36. The summed E-state index contributed by atoms with van der Waals surface area (Å²) in [6.07, 6.45) is 0. The van der Waals surface area contributed by atoms with Gasteiger partial charge in [0, 0.05) is 10.2 Å². The number of amides is 1. The Balaban J connectivity index is 1.63. The number of anilines is 1. The molecule has 0 spiro atoms. The van der Waals surface area contributed by atoms with Crippen LogP contribution in [0, 0.1) is 6.92 Å². The van der Waals surface area contributed by atoms with Gasteiger partial charge in [0.25, 0.3) is 5.91 Å². The molecule has 0 bridgehead atoms. The van der Waals surface area contributed by atoms with Crippen molar-refractivity contribution in [2.75, 3.05) is 11.9 Å². The molecule has 3 rings (SSSR count). The predicted molar refractivity (Wildman–Crippen MR) is 97.0 cm³/mol. The molecular formula is C19H16BrNO2. The monoisotopic (exact) mass is 369 g/mol. The number of halogens is 1. The molecule has 0 aliphatic heterocycles. The lowest BCUT2D eigenvalue weighted by Crippen LogP contribution is -2.20. The van der Waals surface area contributed by atoms with Crippen molar-refractivity contribution in [3.63, 3.8) is 0 Å². The summed E-state index contributed by atoms with van der Waals surface area (Å²) in [7, 11) is 0. The zero-order chi connectivity index (χ0) is 16.2. The maximum Gasteiger partial charge on any atom is 0.262 e. The summed E-state index contributed by atoms with van der Waals surface area (Å²) in [4.78, 5) is 12.0. The van der Waals surface area contributed by atoms with Gasteiger partial charge in [0.15, 0.2) is 6.61 Å². The molecule has 0 aliphatic rings. The molecule has 4 heteroatoms. The largest absolute Gasteiger partial charge is 0.484 e. The molecule has 1 amide bonds. The van der Waals surface area contributed by atoms with Gasteiger partial charge in [-0.15, -0.1) is 0 Å². The number of aryl methyl sites for hydroxylation is 1. The molecule has 3 aromatic rings. The molecular weight excluding hydrogens is 354 g/mol. The average Bonchev–Trinajstić information content (AvgIpc) is 2.55. The molecule has 23 heavy (non-hydrogen) atoms. The number of ether oxygens (including phenoxy) is 1. The van der Waals surface area contributed by atoms with Crippen molar-refractivity contribution in [3.05, 3.63) is 70.7 Å². The smallest absolute Gasteiger partial charge is 0.262 e. The zero-order valence-electron chi connectivity index (χ0n) is 12.7. The van der Waals surface area contributed by atoms with Gasteiger partial charge in [-0.2, -0.15) is 0 Å². The van der Waals surface area contributed by atoms with Crippen LogP contribution in [0.5, 0.6) is 5.75 Å². The van der Waals surface area contributed by atoms with Crippen molar-refractivity contribution in [3.8, 4) is 5.75 Å². The number of hydrogen-bond acceptors (Lipinski definition) is 2. The molecule has 116 valence electrons. The summed E-state index contributed by atoms with van der Waals surface area (Å²) in [5.74, 6) is 0.509. The van der Waals surface area contributed by atoms with Crippen molar-refractivity contribution in [2.24, 2.45) is 0 Å². The van der Waals surface area contributed by atoms with E-state index < -0.39 is 0 Å². The first-order valence-corrected chi connectivity index (χ1v) is 8.09. The van der Waals surface area contributed by atoms with Gasteiger partial charge in [0.2, 0.25) is 0 Å². The Hall–Kier alpha value is -2.33. The minimum Gasteiger partial charge on any atom is -0.484 e. The van der Waals surface area contributed by atoms with Crippen molar-refractivity contribution in [1.82, 2.24) is 0 Å². The molecule has 0 aromatic heterocycles. The summed E-state index contributed by atoms with van der Waals surface area (Å²) < 4.78 is 6.58. The van der Waals surface area contributed by atoms with Crippen LogP contribution in [-0.2, 0) is 4.79 Å². The summed E-state index contributed by atoms with van der Waals surface area (Å²) in [6.45, 7) is 1.93. The number of nitrogens with one attached hydrogen (secondary N) is 1. The highest BCUT2D eigenvalue weighted by molar-refractivity contribution is 9.10. The first-order valence-electron chi connectivity index (χ1n) is 7.29. The van der Waals surface area contributed by atoms with E-state index in [0.717, 1.165) is 26.5 Å². The first-order chi connectivity index (χ1) is 11.1. The molecule has 0 radical (unpaired) electrons. The van der Waals surface area contributed by atoms with Crippen molar-refractivity contribution >= 4 is 38.3 Å². The fourth-order valence-corrected chi connectivity index (χ4v) is 2.84. The Kier molecular flexibility index (Phi) is 4.63. The van der Waals surface area contributed by atoms with E-state index in [0.29, 0.717) is 5.75 Å². The van der Waals surface area contributed by atoms with Crippen LogP contribution in [0.2, 0.25) is 0 Å². The molecule has 1 N–H and O–H groups in total. The van der Waals surface area contributed by atoms with Crippen LogP contribution in [0.1, 0.15) is 5.56 Å². The molecule has 0 heterocycles. The van der Waals surface area contributed by atoms with Crippen molar-refractivity contribution in [1.29, 1.82) is 0 Å². The number of fused-ring (bicyclic) bond motifs is 1. The lowest BCUT2D eigenvalue weighted by Gasteiger charge is -2.10. The van der Waals surface area contributed by atoms with E-state index in [1.165, 1.54) is 0 Å². The number of benzene rings is 3. The third kappa shape index (κ3) is 3.90. The number of carbonyl (C=O) groups is 1.